The molecule has 0 saturated heterocycles. The van der Waals surface area contributed by atoms with Crippen molar-refractivity contribution in [3.05, 3.63) is 29.6 Å². The first-order chi connectivity index (χ1) is 7.46. The lowest BCUT2D eigenvalue weighted by molar-refractivity contribution is -0.138. The van der Waals surface area contributed by atoms with Crippen molar-refractivity contribution in [1.29, 1.82) is 0 Å². The fourth-order valence-corrected chi connectivity index (χ4v) is 0.908. The summed E-state index contributed by atoms with van der Waals surface area (Å²) in [5.41, 5.74) is -1.62. The first-order valence-electron chi connectivity index (χ1n) is 4.56. The number of carbonyl (C=O) groups excluding carboxylic acids is 1. The Balaban J connectivity index is 0.00000106. The van der Waals surface area contributed by atoms with Gasteiger partial charge in [0.2, 0.25) is 0 Å². The zero-order valence-corrected chi connectivity index (χ0v) is 9.13. The maximum Gasteiger partial charge on any atom is 0.418 e. The first-order valence-corrected chi connectivity index (χ1v) is 4.56. The van der Waals surface area contributed by atoms with Crippen LogP contribution in [0.3, 0.4) is 0 Å². The van der Waals surface area contributed by atoms with Crippen LogP contribution < -0.4 is 0 Å². The molecule has 0 N–H and O–H groups in total. The van der Waals surface area contributed by atoms with Gasteiger partial charge in [-0.2, -0.15) is 13.2 Å². The number of hydrogen-bond acceptors (Lipinski definition) is 3. The minimum atomic E-state index is -4.60. The average Bonchev–Trinajstić information content (AvgIpc) is 2.29. The van der Waals surface area contributed by atoms with Crippen LogP contribution in [0.25, 0.3) is 0 Å². The van der Waals surface area contributed by atoms with E-state index in [1.807, 2.05) is 13.8 Å². The van der Waals surface area contributed by atoms with Crippen molar-refractivity contribution >= 4 is 5.97 Å². The Morgan fingerprint density at radius 2 is 1.94 bits per heavy atom. The molecule has 0 atom stereocenters. The van der Waals surface area contributed by atoms with Crippen LogP contribution in [0, 0.1) is 0 Å². The van der Waals surface area contributed by atoms with Gasteiger partial charge in [-0.15, -0.1) is 0 Å². The third-order valence-corrected chi connectivity index (χ3v) is 1.53. The normalized spacial score (nSPS) is 10.1. The van der Waals surface area contributed by atoms with Crippen LogP contribution in [0.1, 0.15) is 29.8 Å². The molecule has 0 amide bonds. The van der Waals surface area contributed by atoms with Gasteiger partial charge in [0.15, 0.2) is 0 Å². The number of nitrogens with zero attached hydrogens (tertiary/aromatic N) is 1. The molecule has 0 aromatic carbocycles. The second-order valence-corrected chi connectivity index (χ2v) is 2.41. The van der Waals surface area contributed by atoms with E-state index in [-0.39, 0.29) is 0 Å². The molecule has 0 aliphatic carbocycles. The minimum Gasteiger partial charge on any atom is -0.465 e. The van der Waals surface area contributed by atoms with E-state index in [9.17, 15) is 18.0 Å². The molecule has 90 valence electrons. The average molecular weight is 235 g/mol. The maximum absolute atomic E-state index is 12.3. The lowest BCUT2D eigenvalue weighted by atomic mass is 10.1. The van der Waals surface area contributed by atoms with Gasteiger partial charge < -0.3 is 4.74 Å². The number of carbonyl (C=O) groups is 1. The van der Waals surface area contributed by atoms with Crippen LogP contribution in [0.2, 0.25) is 0 Å². The number of rotatable bonds is 1. The molecule has 16 heavy (non-hydrogen) atoms. The van der Waals surface area contributed by atoms with Crippen molar-refractivity contribution in [3.63, 3.8) is 0 Å². The molecular formula is C10H12F3NO2. The summed E-state index contributed by atoms with van der Waals surface area (Å²) in [7, 11) is 1.02. The Morgan fingerprint density at radius 1 is 1.38 bits per heavy atom. The van der Waals surface area contributed by atoms with Gasteiger partial charge in [0.25, 0.3) is 0 Å². The number of esters is 1. The molecule has 0 aliphatic rings. The van der Waals surface area contributed by atoms with Crippen molar-refractivity contribution < 1.29 is 22.7 Å². The number of hydrogen-bond donors (Lipinski definition) is 0. The lowest BCUT2D eigenvalue weighted by Gasteiger charge is -2.09. The summed E-state index contributed by atoms with van der Waals surface area (Å²) in [4.78, 5) is 14.2. The number of alkyl halides is 3. The second kappa shape index (κ2) is 6.09. The molecule has 1 aromatic heterocycles. The fraction of sp³-hybridized carbons (Fsp3) is 0.400. The number of ether oxygens (including phenoxy) is 1. The summed E-state index contributed by atoms with van der Waals surface area (Å²) in [5.74, 6) is -1.03. The van der Waals surface area contributed by atoms with Gasteiger partial charge in [-0.05, 0) is 6.07 Å². The van der Waals surface area contributed by atoms with E-state index in [1.54, 1.807) is 0 Å². The minimum absolute atomic E-state index is 0.532. The van der Waals surface area contributed by atoms with Gasteiger partial charge in [-0.1, -0.05) is 13.8 Å². The van der Waals surface area contributed by atoms with Gasteiger partial charge in [-0.3, -0.25) is 4.98 Å². The highest BCUT2D eigenvalue weighted by Gasteiger charge is 2.35. The van der Waals surface area contributed by atoms with E-state index in [1.165, 1.54) is 0 Å². The smallest absolute Gasteiger partial charge is 0.418 e. The van der Waals surface area contributed by atoms with Crippen LogP contribution in [0.4, 0.5) is 13.2 Å². The molecule has 0 aliphatic heterocycles. The van der Waals surface area contributed by atoms with E-state index in [0.29, 0.717) is 6.20 Å². The molecule has 0 fully saturated rings. The summed E-state index contributed by atoms with van der Waals surface area (Å²) in [6.07, 6.45) is -2.91. The van der Waals surface area contributed by atoms with Gasteiger partial charge >= 0.3 is 12.1 Å². The molecule has 0 radical (unpaired) electrons. The van der Waals surface area contributed by atoms with E-state index in [2.05, 4.69) is 9.72 Å². The zero-order valence-electron chi connectivity index (χ0n) is 9.13. The van der Waals surface area contributed by atoms with E-state index < -0.39 is 23.3 Å². The second-order valence-electron chi connectivity index (χ2n) is 2.41. The molecule has 3 nitrogen and oxygen atoms in total. The van der Waals surface area contributed by atoms with Crippen molar-refractivity contribution in [2.75, 3.05) is 7.11 Å². The molecule has 0 saturated carbocycles. The molecule has 0 bridgehead atoms. The third kappa shape index (κ3) is 3.52. The molecule has 0 spiro atoms. The van der Waals surface area contributed by atoms with Crippen molar-refractivity contribution in [3.8, 4) is 0 Å². The summed E-state index contributed by atoms with van der Waals surface area (Å²) < 4.78 is 41.1. The van der Waals surface area contributed by atoms with Crippen LogP contribution in [0.5, 0.6) is 0 Å². The summed E-state index contributed by atoms with van der Waals surface area (Å²) >= 11 is 0. The first kappa shape index (κ1) is 14.4. The Labute approximate surface area is 91.3 Å². The molecule has 1 aromatic rings. The monoisotopic (exact) mass is 235 g/mol. The predicted octanol–water partition coefficient (Wildman–Crippen LogP) is 2.91. The number of halogens is 3. The van der Waals surface area contributed by atoms with Gasteiger partial charge in [0.1, 0.15) is 0 Å². The van der Waals surface area contributed by atoms with Crippen LogP contribution in [0.15, 0.2) is 18.5 Å². The van der Waals surface area contributed by atoms with E-state index in [0.717, 1.165) is 19.4 Å². The highest BCUT2D eigenvalue weighted by molar-refractivity contribution is 5.90. The molecule has 6 heteroatoms. The van der Waals surface area contributed by atoms with Crippen LogP contribution in [-0.4, -0.2) is 18.1 Å². The van der Waals surface area contributed by atoms with Crippen molar-refractivity contribution in [2.45, 2.75) is 20.0 Å². The van der Waals surface area contributed by atoms with Gasteiger partial charge in [0.05, 0.1) is 18.2 Å². The van der Waals surface area contributed by atoms with Gasteiger partial charge in [0, 0.05) is 12.4 Å². The largest absolute Gasteiger partial charge is 0.465 e. The Bertz CT molecular complexity index is 350. The van der Waals surface area contributed by atoms with Crippen LogP contribution in [-0.2, 0) is 10.9 Å². The van der Waals surface area contributed by atoms with Crippen molar-refractivity contribution in [1.82, 2.24) is 4.98 Å². The quantitative estimate of drug-likeness (QED) is 0.702. The summed E-state index contributed by atoms with van der Waals surface area (Å²) in [5, 5.41) is 0. The predicted molar refractivity (Wildman–Crippen MR) is 51.9 cm³/mol. The van der Waals surface area contributed by atoms with Crippen LogP contribution >= 0.6 is 0 Å². The standard InChI is InChI=1S/C8H6F3NO2.C2H6/c1-14-7(13)5-2-3-12-4-6(5)8(9,10)11;1-2/h2-4H,1H3;1-2H3. The zero-order chi connectivity index (χ0) is 12.8. The molecule has 1 rings (SSSR count). The summed E-state index contributed by atoms with van der Waals surface area (Å²) in [6, 6.07) is 0.967. The topological polar surface area (TPSA) is 39.2 Å². The number of pyridine rings is 1. The van der Waals surface area contributed by atoms with Gasteiger partial charge in [-0.25, -0.2) is 4.79 Å². The maximum atomic E-state index is 12.3. The highest BCUT2D eigenvalue weighted by atomic mass is 19.4. The molecule has 1 heterocycles. The Kier molecular flexibility index (Phi) is 5.49. The SMILES string of the molecule is CC.COC(=O)c1ccncc1C(F)(F)F. The third-order valence-electron chi connectivity index (χ3n) is 1.53. The summed E-state index contributed by atoms with van der Waals surface area (Å²) in [6.45, 7) is 4.00. The number of methoxy groups -OCH3 is 1. The fourth-order valence-electron chi connectivity index (χ4n) is 0.908. The number of aromatic nitrogens is 1. The Hall–Kier alpha value is -1.59. The molecular weight excluding hydrogens is 223 g/mol. The molecule has 0 unspecified atom stereocenters. The van der Waals surface area contributed by atoms with Crippen molar-refractivity contribution in [2.24, 2.45) is 0 Å². The lowest BCUT2D eigenvalue weighted by Crippen LogP contribution is -2.14. The highest BCUT2D eigenvalue weighted by Crippen LogP contribution is 2.31. The van der Waals surface area contributed by atoms with E-state index in [4.69, 9.17) is 0 Å². The van der Waals surface area contributed by atoms with E-state index >= 15 is 0 Å². The Morgan fingerprint density at radius 3 is 2.38 bits per heavy atom.